The number of esters is 2. The number of carbonyl (C=O) groups is 3. The average Bonchev–Trinajstić information content (AvgIpc) is 2.85. The van der Waals surface area contributed by atoms with Crippen LogP contribution in [0.5, 0.6) is 0 Å². The molecule has 0 bridgehead atoms. The fourth-order valence-corrected chi connectivity index (χ4v) is 3.84. The van der Waals surface area contributed by atoms with E-state index in [1.165, 1.54) is 13.2 Å². The van der Waals surface area contributed by atoms with Crippen molar-refractivity contribution < 1.29 is 23.9 Å². The van der Waals surface area contributed by atoms with Crippen molar-refractivity contribution >= 4 is 23.9 Å². The summed E-state index contributed by atoms with van der Waals surface area (Å²) >= 11 is 0. The smallest absolute Gasteiger partial charge is 0.337 e. The first-order valence-electron chi connectivity index (χ1n) is 10.5. The van der Waals surface area contributed by atoms with E-state index in [0.717, 1.165) is 5.56 Å². The SMILES string of the molecule is COC(=O)c1cccc(C2C(C(=O)N=O)=C(C)NC(C)=C2C(=O)OC/C=C/c2ccccc2)c1. The number of amides is 1. The van der Waals surface area contributed by atoms with Crippen molar-refractivity contribution in [1.82, 2.24) is 5.32 Å². The van der Waals surface area contributed by atoms with Crippen molar-refractivity contribution in [3.63, 3.8) is 0 Å². The van der Waals surface area contributed by atoms with Crippen LogP contribution in [0.4, 0.5) is 0 Å². The van der Waals surface area contributed by atoms with Crippen LogP contribution in [0, 0.1) is 4.91 Å². The number of methoxy groups -OCH3 is 1. The van der Waals surface area contributed by atoms with Crippen LogP contribution in [0.2, 0.25) is 0 Å². The minimum atomic E-state index is -1.01. The molecular formula is C26H24N2O6. The van der Waals surface area contributed by atoms with Gasteiger partial charge in [-0.05, 0) is 43.2 Å². The fourth-order valence-electron chi connectivity index (χ4n) is 3.84. The monoisotopic (exact) mass is 460 g/mol. The number of rotatable bonds is 7. The van der Waals surface area contributed by atoms with E-state index in [1.807, 2.05) is 36.4 Å². The highest BCUT2D eigenvalue weighted by Crippen LogP contribution is 2.39. The molecule has 1 aliphatic rings. The Hall–Kier alpha value is -4.33. The summed E-state index contributed by atoms with van der Waals surface area (Å²) in [6.07, 6.45) is 3.52. The van der Waals surface area contributed by atoms with Gasteiger partial charge in [-0.2, -0.15) is 0 Å². The lowest BCUT2D eigenvalue weighted by molar-refractivity contribution is -0.138. The van der Waals surface area contributed by atoms with Crippen LogP contribution >= 0.6 is 0 Å². The standard InChI is InChI=1S/C26H24N2O6/c1-16-21(24(29)28-32)23(19-12-7-13-20(15-19)25(30)33-3)22(17(2)27-16)26(31)34-14-8-11-18-9-5-4-6-10-18/h4-13,15,23,27H,14H2,1-3H3/b11-8+. The molecule has 3 rings (SSSR count). The van der Waals surface area contributed by atoms with Crippen LogP contribution in [0.3, 0.4) is 0 Å². The Morgan fingerprint density at radius 2 is 1.68 bits per heavy atom. The lowest BCUT2D eigenvalue weighted by atomic mass is 9.79. The number of carbonyl (C=O) groups excluding carboxylic acids is 3. The Labute approximate surface area is 196 Å². The lowest BCUT2D eigenvalue weighted by Crippen LogP contribution is -2.31. The van der Waals surface area contributed by atoms with Gasteiger partial charge in [0.2, 0.25) is 0 Å². The van der Waals surface area contributed by atoms with Gasteiger partial charge in [-0.25, -0.2) is 9.59 Å². The van der Waals surface area contributed by atoms with Crippen molar-refractivity contribution in [3.8, 4) is 0 Å². The molecule has 1 heterocycles. The zero-order chi connectivity index (χ0) is 24.7. The normalized spacial score (nSPS) is 15.7. The minimum Gasteiger partial charge on any atom is -0.465 e. The van der Waals surface area contributed by atoms with Gasteiger partial charge in [0.1, 0.15) is 6.61 Å². The van der Waals surface area contributed by atoms with E-state index in [0.29, 0.717) is 17.0 Å². The summed E-state index contributed by atoms with van der Waals surface area (Å²) in [5.74, 6) is -3.21. The summed E-state index contributed by atoms with van der Waals surface area (Å²) in [5, 5.41) is 5.54. The average molecular weight is 460 g/mol. The summed E-state index contributed by atoms with van der Waals surface area (Å²) in [6.45, 7) is 3.29. The Morgan fingerprint density at radius 3 is 2.35 bits per heavy atom. The van der Waals surface area contributed by atoms with Gasteiger partial charge in [0, 0.05) is 16.6 Å². The molecular weight excluding hydrogens is 436 g/mol. The molecule has 0 aromatic heterocycles. The van der Waals surface area contributed by atoms with Crippen molar-refractivity contribution in [3.05, 3.63) is 105 Å². The molecule has 0 fully saturated rings. The third kappa shape index (κ3) is 5.35. The Bertz CT molecular complexity index is 1210. The van der Waals surface area contributed by atoms with E-state index >= 15 is 0 Å². The molecule has 2 aromatic carbocycles. The third-order valence-corrected chi connectivity index (χ3v) is 5.36. The van der Waals surface area contributed by atoms with E-state index < -0.39 is 23.8 Å². The number of nitroso groups, excluding NO2 is 1. The Morgan fingerprint density at radius 1 is 0.971 bits per heavy atom. The van der Waals surface area contributed by atoms with E-state index in [4.69, 9.17) is 9.47 Å². The summed E-state index contributed by atoms with van der Waals surface area (Å²) in [7, 11) is 1.25. The van der Waals surface area contributed by atoms with Crippen LogP contribution in [0.1, 0.15) is 41.3 Å². The van der Waals surface area contributed by atoms with Gasteiger partial charge < -0.3 is 14.8 Å². The van der Waals surface area contributed by atoms with Crippen LogP contribution < -0.4 is 5.32 Å². The molecule has 1 unspecified atom stereocenters. The molecule has 1 aliphatic heterocycles. The fraction of sp³-hybridized carbons (Fsp3) is 0.192. The molecule has 8 nitrogen and oxygen atoms in total. The maximum Gasteiger partial charge on any atom is 0.337 e. The highest BCUT2D eigenvalue weighted by Gasteiger charge is 2.37. The second kappa shape index (κ2) is 11.0. The van der Waals surface area contributed by atoms with Gasteiger partial charge in [-0.15, -0.1) is 4.91 Å². The molecule has 1 amide bonds. The Balaban J connectivity index is 1.96. The molecule has 34 heavy (non-hydrogen) atoms. The highest BCUT2D eigenvalue weighted by atomic mass is 16.5. The first-order chi connectivity index (χ1) is 16.4. The van der Waals surface area contributed by atoms with Crippen molar-refractivity contribution in [2.75, 3.05) is 13.7 Å². The van der Waals surface area contributed by atoms with Crippen molar-refractivity contribution in [1.29, 1.82) is 0 Å². The number of hydrogen-bond donors (Lipinski definition) is 1. The van der Waals surface area contributed by atoms with Gasteiger partial charge in [-0.1, -0.05) is 48.5 Å². The number of ether oxygens (including phenoxy) is 2. The zero-order valence-corrected chi connectivity index (χ0v) is 19.0. The van der Waals surface area contributed by atoms with Gasteiger partial charge in [-0.3, -0.25) is 4.79 Å². The first kappa shape index (κ1) is 24.3. The molecule has 8 heteroatoms. The molecule has 0 spiro atoms. The summed E-state index contributed by atoms with van der Waals surface area (Å²) in [4.78, 5) is 48.9. The van der Waals surface area contributed by atoms with E-state index in [2.05, 4.69) is 10.5 Å². The van der Waals surface area contributed by atoms with Gasteiger partial charge in [0.05, 0.1) is 29.7 Å². The Kier molecular flexibility index (Phi) is 7.87. The third-order valence-electron chi connectivity index (χ3n) is 5.36. The number of nitrogens with one attached hydrogen (secondary N) is 1. The van der Waals surface area contributed by atoms with E-state index in [9.17, 15) is 19.3 Å². The molecule has 0 saturated carbocycles. The summed E-state index contributed by atoms with van der Waals surface area (Å²) in [6, 6.07) is 15.9. The van der Waals surface area contributed by atoms with Gasteiger partial charge in [0.25, 0.3) is 0 Å². The molecule has 2 aromatic rings. The topological polar surface area (TPSA) is 111 Å². The van der Waals surface area contributed by atoms with E-state index in [1.54, 1.807) is 38.1 Å². The first-order valence-corrected chi connectivity index (χ1v) is 10.5. The van der Waals surface area contributed by atoms with Crippen LogP contribution in [0.25, 0.3) is 6.08 Å². The number of allylic oxidation sites excluding steroid dienone is 2. The second-order valence-corrected chi connectivity index (χ2v) is 7.56. The largest absolute Gasteiger partial charge is 0.465 e. The van der Waals surface area contributed by atoms with Crippen LogP contribution in [-0.4, -0.2) is 31.6 Å². The highest BCUT2D eigenvalue weighted by molar-refractivity contribution is 6.02. The predicted molar refractivity (Wildman–Crippen MR) is 126 cm³/mol. The van der Waals surface area contributed by atoms with Crippen molar-refractivity contribution in [2.24, 2.45) is 5.18 Å². The molecule has 0 aliphatic carbocycles. The summed E-state index contributed by atoms with van der Waals surface area (Å²) in [5.41, 5.74) is 2.64. The quantitative estimate of drug-likeness (QED) is 0.485. The molecule has 1 atom stereocenters. The molecule has 1 N–H and O–H groups in total. The van der Waals surface area contributed by atoms with Gasteiger partial charge in [0.15, 0.2) is 0 Å². The summed E-state index contributed by atoms with van der Waals surface area (Å²) < 4.78 is 10.2. The minimum absolute atomic E-state index is 0.00264. The lowest BCUT2D eigenvalue weighted by Gasteiger charge is -2.29. The van der Waals surface area contributed by atoms with Crippen molar-refractivity contribution in [2.45, 2.75) is 19.8 Å². The van der Waals surface area contributed by atoms with Crippen LogP contribution in [0.15, 0.2) is 88.4 Å². The molecule has 0 saturated heterocycles. The van der Waals surface area contributed by atoms with E-state index in [-0.39, 0.29) is 23.3 Å². The zero-order valence-electron chi connectivity index (χ0n) is 19.0. The van der Waals surface area contributed by atoms with Crippen LogP contribution in [-0.2, 0) is 19.1 Å². The molecule has 0 radical (unpaired) electrons. The maximum atomic E-state index is 13.2. The number of hydrogen-bond acceptors (Lipinski definition) is 7. The molecule has 174 valence electrons. The van der Waals surface area contributed by atoms with Gasteiger partial charge >= 0.3 is 17.8 Å². The maximum absolute atomic E-state index is 13.2. The number of dihydropyridines is 1. The number of benzene rings is 2. The predicted octanol–water partition coefficient (Wildman–Crippen LogP) is 4.26. The second-order valence-electron chi connectivity index (χ2n) is 7.56. The number of nitrogens with zero attached hydrogens (tertiary/aromatic N) is 1.